The molecular formula is C17H27N3O3. The van der Waals surface area contributed by atoms with E-state index in [1.54, 1.807) is 6.07 Å². The Hall–Kier alpha value is -1.95. The first-order chi connectivity index (χ1) is 11.0. The Morgan fingerprint density at radius 1 is 1.13 bits per heavy atom. The van der Waals surface area contributed by atoms with Gasteiger partial charge in [-0.15, -0.1) is 0 Å². The van der Waals surface area contributed by atoms with Crippen LogP contribution < -0.4 is 20.1 Å². The summed E-state index contributed by atoms with van der Waals surface area (Å²) in [6.07, 6.45) is 0. The predicted molar refractivity (Wildman–Crippen MR) is 91.4 cm³/mol. The molecule has 2 amide bonds. The van der Waals surface area contributed by atoms with Crippen LogP contribution >= 0.6 is 0 Å². The smallest absolute Gasteiger partial charge is 0.319 e. The van der Waals surface area contributed by atoms with Gasteiger partial charge in [-0.3, -0.25) is 4.90 Å². The first-order valence-electron chi connectivity index (χ1n) is 8.17. The molecule has 0 saturated heterocycles. The molecule has 0 aromatic heterocycles. The van der Waals surface area contributed by atoms with E-state index in [4.69, 9.17) is 9.47 Å². The van der Waals surface area contributed by atoms with Crippen LogP contribution in [0.5, 0.6) is 11.5 Å². The highest BCUT2D eigenvalue weighted by Crippen LogP contribution is 2.32. The van der Waals surface area contributed by atoms with Gasteiger partial charge in [0.05, 0.1) is 0 Å². The molecular weight excluding hydrogens is 294 g/mol. The summed E-state index contributed by atoms with van der Waals surface area (Å²) in [7, 11) is 0. The summed E-state index contributed by atoms with van der Waals surface area (Å²) in [6, 6.07) is 6.10. The molecule has 0 atom stereocenters. The molecule has 1 aliphatic heterocycles. The topological polar surface area (TPSA) is 62.8 Å². The molecule has 0 bridgehead atoms. The molecule has 0 saturated carbocycles. The van der Waals surface area contributed by atoms with Crippen LogP contribution in [0.25, 0.3) is 0 Å². The zero-order chi connectivity index (χ0) is 16.8. The van der Waals surface area contributed by atoms with E-state index in [0.717, 1.165) is 6.54 Å². The van der Waals surface area contributed by atoms with E-state index < -0.39 is 0 Å². The van der Waals surface area contributed by atoms with Gasteiger partial charge >= 0.3 is 6.03 Å². The zero-order valence-corrected chi connectivity index (χ0v) is 14.4. The van der Waals surface area contributed by atoms with Crippen molar-refractivity contribution in [2.75, 3.05) is 31.6 Å². The molecule has 6 nitrogen and oxygen atoms in total. The minimum Gasteiger partial charge on any atom is -0.486 e. The molecule has 0 spiro atoms. The van der Waals surface area contributed by atoms with Crippen LogP contribution in [-0.4, -0.2) is 49.3 Å². The fourth-order valence-electron chi connectivity index (χ4n) is 2.71. The molecule has 0 radical (unpaired) electrons. The standard InChI is InChI=1S/C17H27N3O3/c1-12(2)20(13(3)4)8-7-18-17(21)19-14-5-6-15-16(11-14)23-10-9-22-15/h5-6,11-13H,7-10H2,1-4H3,(H2,18,19,21). The van der Waals surface area contributed by atoms with Crippen LogP contribution in [0.3, 0.4) is 0 Å². The molecule has 0 unspecified atom stereocenters. The highest BCUT2D eigenvalue weighted by Gasteiger charge is 2.14. The van der Waals surface area contributed by atoms with Gasteiger partial charge in [0.2, 0.25) is 0 Å². The number of carbonyl (C=O) groups excluding carboxylic acids is 1. The number of amides is 2. The average Bonchev–Trinajstić information content (AvgIpc) is 2.50. The van der Waals surface area contributed by atoms with E-state index >= 15 is 0 Å². The van der Waals surface area contributed by atoms with Crippen molar-refractivity contribution in [2.45, 2.75) is 39.8 Å². The summed E-state index contributed by atoms with van der Waals surface area (Å²) in [5.41, 5.74) is 0.691. The lowest BCUT2D eigenvalue weighted by molar-refractivity contribution is 0.171. The minimum atomic E-state index is -0.214. The van der Waals surface area contributed by atoms with Crippen molar-refractivity contribution in [3.05, 3.63) is 18.2 Å². The SMILES string of the molecule is CC(C)N(CCNC(=O)Nc1ccc2c(c1)OCCO2)C(C)C. The maximum atomic E-state index is 12.0. The Balaban J connectivity index is 1.81. The van der Waals surface area contributed by atoms with Crippen molar-refractivity contribution in [3.8, 4) is 11.5 Å². The van der Waals surface area contributed by atoms with Crippen molar-refractivity contribution in [2.24, 2.45) is 0 Å². The number of hydrogen-bond acceptors (Lipinski definition) is 4. The van der Waals surface area contributed by atoms with Crippen molar-refractivity contribution >= 4 is 11.7 Å². The lowest BCUT2D eigenvalue weighted by Crippen LogP contribution is -2.43. The number of ether oxygens (including phenoxy) is 2. The predicted octanol–water partition coefficient (Wildman–Crippen LogP) is 2.70. The molecule has 6 heteroatoms. The van der Waals surface area contributed by atoms with Gasteiger partial charge in [0.1, 0.15) is 13.2 Å². The molecule has 2 N–H and O–H groups in total. The van der Waals surface area contributed by atoms with E-state index in [1.165, 1.54) is 0 Å². The van der Waals surface area contributed by atoms with Gasteiger partial charge < -0.3 is 20.1 Å². The Morgan fingerprint density at radius 3 is 2.43 bits per heavy atom. The highest BCUT2D eigenvalue weighted by atomic mass is 16.6. The van der Waals surface area contributed by atoms with E-state index in [-0.39, 0.29) is 6.03 Å². The molecule has 1 heterocycles. The third-order valence-electron chi connectivity index (χ3n) is 3.78. The van der Waals surface area contributed by atoms with Crippen molar-refractivity contribution in [1.82, 2.24) is 10.2 Å². The third-order valence-corrected chi connectivity index (χ3v) is 3.78. The van der Waals surface area contributed by atoms with E-state index in [9.17, 15) is 4.79 Å². The fraction of sp³-hybridized carbons (Fsp3) is 0.588. The molecule has 1 aliphatic rings. The zero-order valence-electron chi connectivity index (χ0n) is 14.4. The second-order valence-corrected chi connectivity index (χ2v) is 6.16. The number of fused-ring (bicyclic) bond motifs is 1. The second kappa shape index (κ2) is 8.06. The second-order valence-electron chi connectivity index (χ2n) is 6.16. The Labute approximate surface area is 138 Å². The number of urea groups is 1. The van der Waals surface area contributed by atoms with Crippen LogP contribution in [0.1, 0.15) is 27.7 Å². The number of anilines is 1. The largest absolute Gasteiger partial charge is 0.486 e. The Bertz CT molecular complexity index is 524. The van der Waals surface area contributed by atoms with Gasteiger partial charge in [-0.1, -0.05) is 0 Å². The third kappa shape index (κ3) is 5.03. The first-order valence-corrected chi connectivity index (χ1v) is 8.17. The summed E-state index contributed by atoms with van der Waals surface area (Å²) in [6.45, 7) is 11.2. The van der Waals surface area contributed by atoms with Crippen LogP contribution in [-0.2, 0) is 0 Å². The average molecular weight is 321 g/mol. The van der Waals surface area contributed by atoms with Crippen LogP contribution in [0, 0.1) is 0 Å². The molecule has 2 rings (SSSR count). The molecule has 128 valence electrons. The lowest BCUT2D eigenvalue weighted by Gasteiger charge is -2.30. The molecule has 0 aliphatic carbocycles. The van der Waals surface area contributed by atoms with Crippen molar-refractivity contribution < 1.29 is 14.3 Å². The molecule has 0 fully saturated rings. The summed E-state index contributed by atoms with van der Waals surface area (Å²) < 4.78 is 11.0. The quantitative estimate of drug-likeness (QED) is 0.845. The van der Waals surface area contributed by atoms with Gasteiger partial charge in [0.25, 0.3) is 0 Å². The van der Waals surface area contributed by atoms with Crippen molar-refractivity contribution in [3.63, 3.8) is 0 Å². The summed E-state index contributed by atoms with van der Waals surface area (Å²) in [5, 5.41) is 5.71. The maximum Gasteiger partial charge on any atom is 0.319 e. The number of rotatable bonds is 6. The number of benzene rings is 1. The fourth-order valence-corrected chi connectivity index (χ4v) is 2.71. The van der Waals surface area contributed by atoms with Gasteiger partial charge in [-0.25, -0.2) is 4.79 Å². The maximum absolute atomic E-state index is 12.0. The van der Waals surface area contributed by atoms with Crippen LogP contribution in [0.15, 0.2) is 18.2 Å². The summed E-state index contributed by atoms with van der Waals surface area (Å²) in [4.78, 5) is 14.3. The Kier molecular flexibility index (Phi) is 6.10. The number of hydrogen-bond donors (Lipinski definition) is 2. The van der Waals surface area contributed by atoms with Crippen LogP contribution in [0.2, 0.25) is 0 Å². The summed E-state index contributed by atoms with van der Waals surface area (Å²) >= 11 is 0. The van der Waals surface area contributed by atoms with E-state index in [0.29, 0.717) is 49.0 Å². The van der Waals surface area contributed by atoms with Gasteiger partial charge in [-0.05, 0) is 39.8 Å². The number of nitrogens with one attached hydrogen (secondary N) is 2. The van der Waals surface area contributed by atoms with Gasteiger partial charge in [0, 0.05) is 36.9 Å². The summed E-state index contributed by atoms with van der Waals surface area (Å²) in [5.74, 6) is 1.38. The Morgan fingerprint density at radius 2 is 1.78 bits per heavy atom. The van der Waals surface area contributed by atoms with Crippen LogP contribution in [0.4, 0.5) is 10.5 Å². The van der Waals surface area contributed by atoms with E-state index in [1.807, 2.05) is 12.1 Å². The van der Waals surface area contributed by atoms with Gasteiger partial charge in [0.15, 0.2) is 11.5 Å². The normalized spacial score (nSPS) is 13.5. The molecule has 23 heavy (non-hydrogen) atoms. The monoisotopic (exact) mass is 321 g/mol. The number of carbonyl (C=O) groups is 1. The van der Waals surface area contributed by atoms with Gasteiger partial charge in [-0.2, -0.15) is 0 Å². The van der Waals surface area contributed by atoms with Crippen molar-refractivity contribution in [1.29, 1.82) is 0 Å². The van der Waals surface area contributed by atoms with E-state index in [2.05, 4.69) is 43.2 Å². The first kappa shape index (κ1) is 17.4. The minimum absolute atomic E-state index is 0.214. The number of nitrogens with zero attached hydrogens (tertiary/aromatic N) is 1. The molecule has 1 aromatic rings. The highest BCUT2D eigenvalue weighted by molar-refractivity contribution is 5.89. The molecule has 1 aromatic carbocycles. The lowest BCUT2D eigenvalue weighted by atomic mass is 10.2.